The van der Waals surface area contributed by atoms with Gasteiger partial charge in [-0.05, 0) is 98.5 Å². The molecule has 2 heterocycles. The molecule has 41 heavy (non-hydrogen) atoms. The van der Waals surface area contributed by atoms with Crippen LogP contribution in [0.25, 0.3) is 61.7 Å². The predicted octanol–water partition coefficient (Wildman–Crippen LogP) is 9.20. The summed E-state index contributed by atoms with van der Waals surface area (Å²) in [6.07, 6.45) is 0. The Hall–Kier alpha value is -5.09. The van der Waals surface area contributed by atoms with Crippen molar-refractivity contribution in [2.75, 3.05) is 0 Å². The van der Waals surface area contributed by atoms with Gasteiger partial charge in [0.2, 0.25) is 0 Å². The number of nitrogens with zero attached hydrogens (tertiary/aromatic N) is 4. The second-order valence-corrected chi connectivity index (χ2v) is 10.8. The van der Waals surface area contributed by atoms with Crippen LogP contribution in [0.5, 0.6) is 0 Å². The van der Waals surface area contributed by atoms with E-state index in [0.29, 0.717) is 17.5 Å². The second kappa shape index (κ2) is 9.83. The Balaban J connectivity index is 1.39. The first-order valence-electron chi connectivity index (χ1n) is 14.0. The molecule has 7 rings (SSSR count). The molecule has 4 heteroatoms. The van der Waals surface area contributed by atoms with Crippen molar-refractivity contribution >= 4 is 21.8 Å². The van der Waals surface area contributed by atoms with Gasteiger partial charge in [0.25, 0.3) is 0 Å². The Labute approximate surface area is 240 Å². The highest BCUT2D eigenvalue weighted by Crippen LogP contribution is 2.36. The smallest absolute Gasteiger partial charge is 0.164 e. The first kappa shape index (κ1) is 24.9. The molecule has 0 aliphatic heterocycles. The van der Waals surface area contributed by atoms with Crippen molar-refractivity contribution < 1.29 is 0 Å². The average molecular weight is 531 g/mol. The lowest BCUT2D eigenvalue weighted by atomic mass is 10.0. The molecule has 0 N–H and O–H groups in total. The van der Waals surface area contributed by atoms with Crippen LogP contribution in [0, 0.1) is 27.7 Å². The summed E-state index contributed by atoms with van der Waals surface area (Å²) < 4.78 is 2.38. The monoisotopic (exact) mass is 530 g/mol. The highest BCUT2D eigenvalue weighted by Gasteiger charge is 2.16. The number of aromatic nitrogens is 4. The summed E-state index contributed by atoms with van der Waals surface area (Å²) >= 11 is 0. The minimum absolute atomic E-state index is 0.657. The fourth-order valence-electron chi connectivity index (χ4n) is 5.51. The third-order valence-electron chi connectivity index (χ3n) is 8.08. The van der Waals surface area contributed by atoms with Gasteiger partial charge >= 0.3 is 0 Å². The van der Waals surface area contributed by atoms with Crippen LogP contribution in [0.3, 0.4) is 0 Å². The molecule has 0 spiro atoms. The van der Waals surface area contributed by atoms with E-state index in [1.165, 1.54) is 44.1 Å². The predicted molar refractivity (Wildman–Crippen MR) is 169 cm³/mol. The molecule has 0 amide bonds. The number of hydrogen-bond acceptors (Lipinski definition) is 3. The van der Waals surface area contributed by atoms with E-state index in [-0.39, 0.29) is 0 Å². The van der Waals surface area contributed by atoms with Crippen molar-refractivity contribution in [2.24, 2.45) is 0 Å². The van der Waals surface area contributed by atoms with Crippen LogP contribution in [0.4, 0.5) is 0 Å². The Bertz CT molecular complexity index is 1930. The third kappa shape index (κ3) is 4.38. The van der Waals surface area contributed by atoms with Crippen molar-refractivity contribution in [3.05, 3.63) is 131 Å². The normalized spacial score (nSPS) is 11.4. The molecule has 5 aromatic carbocycles. The lowest BCUT2D eigenvalue weighted by molar-refractivity contribution is 1.07. The summed E-state index contributed by atoms with van der Waals surface area (Å²) in [7, 11) is 0. The van der Waals surface area contributed by atoms with Gasteiger partial charge < -0.3 is 4.57 Å². The first-order chi connectivity index (χ1) is 20.0. The van der Waals surface area contributed by atoms with Crippen molar-refractivity contribution in [3.63, 3.8) is 0 Å². The zero-order valence-electron chi connectivity index (χ0n) is 23.7. The van der Waals surface area contributed by atoms with Crippen molar-refractivity contribution in [3.8, 4) is 39.9 Å². The summed E-state index contributed by atoms with van der Waals surface area (Å²) in [5, 5.41) is 2.57. The van der Waals surface area contributed by atoms with Gasteiger partial charge in [-0.2, -0.15) is 0 Å². The second-order valence-electron chi connectivity index (χ2n) is 10.8. The molecular weight excluding hydrogens is 500 g/mol. The maximum atomic E-state index is 4.91. The lowest BCUT2D eigenvalue weighted by Crippen LogP contribution is -2.00. The van der Waals surface area contributed by atoms with E-state index >= 15 is 0 Å². The molecule has 198 valence electrons. The van der Waals surface area contributed by atoms with E-state index in [1.54, 1.807) is 0 Å². The zero-order valence-corrected chi connectivity index (χ0v) is 23.7. The summed E-state index contributed by atoms with van der Waals surface area (Å²) in [4.78, 5) is 14.6. The molecule has 0 saturated heterocycles. The summed E-state index contributed by atoms with van der Waals surface area (Å²) in [6, 6.07) is 38.0. The molecule has 0 saturated carbocycles. The highest BCUT2D eigenvalue weighted by molar-refractivity contribution is 6.10. The van der Waals surface area contributed by atoms with Gasteiger partial charge in [-0.1, -0.05) is 60.7 Å². The molecule has 7 aromatic rings. The molecule has 0 aliphatic rings. The van der Waals surface area contributed by atoms with Crippen molar-refractivity contribution in [1.29, 1.82) is 0 Å². The van der Waals surface area contributed by atoms with Gasteiger partial charge in [0.05, 0.1) is 11.0 Å². The molecule has 0 unspecified atom stereocenters. The Kier molecular flexibility index (Phi) is 5.97. The van der Waals surface area contributed by atoms with Gasteiger partial charge in [0.1, 0.15) is 0 Å². The van der Waals surface area contributed by atoms with Gasteiger partial charge in [0.15, 0.2) is 17.5 Å². The standard InChI is InChI=1S/C37H30N4/c1-23-19-31-32-20-24(2)26(4)22-34(32)41(33(31)21-25(23)3)30-17-15-29(16-18-30)37-39-35(27-11-7-5-8-12-27)38-36(40-37)28-13-9-6-10-14-28/h5-22H,1-4H3. The zero-order chi connectivity index (χ0) is 28.1. The number of fused-ring (bicyclic) bond motifs is 3. The van der Waals surface area contributed by atoms with E-state index in [9.17, 15) is 0 Å². The van der Waals surface area contributed by atoms with E-state index in [1.807, 2.05) is 60.7 Å². The van der Waals surface area contributed by atoms with E-state index in [0.717, 1.165) is 22.4 Å². The molecule has 0 atom stereocenters. The minimum Gasteiger partial charge on any atom is -0.309 e. The lowest BCUT2D eigenvalue weighted by Gasteiger charge is -2.11. The van der Waals surface area contributed by atoms with Crippen LogP contribution in [0.2, 0.25) is 0 Å². The third-order valence-corrected chi connectivity index (χ3v) is 8.08. The minimum atomic E-state index is 0.657. The maximum absolute atomic E-state index is 4.91. The van der Waals surface area contributed by atoms with E-state index < -0.39 is 0 Å². The summed E-state index contributed by atoms with van der Waals surface area (Å²) in [5.41, 5.74) is 11.6. The molecular formula is C37H30N4. The molecule has 2 aromatic heterocycles. The molecule has 4 nitrogen and oxygen atoms in total. The Morgan fingerprint density at radius 3 is 1.20 bits per heavy atom. The molecule has 0 fully saturated rings. The first-order valence-corrected chi connectivity index (χ1v) is 14.0. The van der Waals surface area contributed by atoms with Crippen LogP contribution in [0.15, 0.2) is 109 Å². The van der Waals surface area contributed by atoms with Crippen LogP contribution in [-0.2, 0) is 0 Å². The van der Waals surface area contributed by atoms with Gasteiger partial charge in [-0.15, -0.1) is 0 Å². The highest BCUT2D eigenvalue weighted by atomic mass is 15.0. The van der Waals surface area contributed by atoms with E-state index in [2.05, 4.69) is 80.8 Å². The van der Waals surface area contributed by atoms with Crippen molar-refractivity contribution in [1.82, 2.24) is 19.5 Å². The molecule has 0 radical (unpaired) electrons. The fourth-order valence-corrected chi connectivity index (χ4v) is 5.51. The quantitative estimate of drug-likeness (QED) is 0.228. The number of benzene rings is 5. The maximum Gasteiger partial charge on any atom is 0.164 e. The van der Waals surface area contributed by atoms with Gasteiger partial charge in [0, 0.05) is 33.2 Å². The van der Waals surface area contributed by atoms with Crippen LogP contribution < -0.4 is 0 Å². The number of aryl methyl sites for hydroxylation is 4. The number of hydrogen-bond donors (Lipinski definition) is 0. The average Bonchev–Trinajstić information content (AvgIpc) is 3.29. The van der Waals surface area contributed by atoms with Gasteiger partial charge in [-0.3, -0.25) is 0 Å². The van der Waals surface area contributed by atoms with Crippen molar-refractivity contribution in [2.45, 2.75) is 27.7 Å². The fraction of sp³-hybridized carbons (Fsp3) is 0.108. The largest absolute Gasteiger partial charge is 0.309 e. The van der Waals surface area contributed by atoms with Crippen LogP contribution in [0.1, 0.15) is 22.3 Å². The molecule has 0 bridgehead atoms. The topological polar surface area (TPSA) is 43.6 Å². The number of rotatable bonds is 4. The van der Waals surface area contributed by atoms with Crippen LogP contribution >= 0.6 is 0 Å². The SMILES string of the molecule is Cc1cc2c3cc(C)c(C)cc3n(-c3ccc(-c4nc(-c5ccccc5)nc(-c5ccccc5)n4)cc3)c2cc1C. The Morgan fingerprint density at radius 2 is 0.780 bits per heavy atom. The van der Waals surface area contributed by atoms with E-state index in [4.69, 9.17) is 15.0 Å². The summed E-state index contributed by atoms with van der Waals surface area (Å²) in [5.74, 6) is 1.99. The van der Waals surface area contributed by atoms with Gasteiger partial charge in [-0.25, -0.2) is 15.0 Å². The Morgan fingerprint density at radius 1 is 0.415 bits per heavy atom. The molecule has 0 aliphatic carbocycles. The summed E-state index contributed by atoms with van der Waals surface area (Å²) in [6.45, 7) is 8.75. The van der Waals surface area contributed by atoms with Crippen LogP contribution in [-0.4, -0.2) is 19.5 Å².